The molecule has 94 valence electrons. The Balaban J connectivity index is 2.69. The molecule has 2 unspecified atom stereocenters. The Morgan fingerprint density at radius 3 is 2.65 bits per heavy atom. The highest BCUT2D eigenvalue weighted by molar-refractivity contribution is 9.10. The standard InChI is InChI=1S/C13H18BrNO2/c1-9(13(16)17)8-15(3)10(2)11-5-4-6-12(14)7-11/h4-7,9-10H,8H2,1-3H3,(H,16,17). The number of carbonyl (C=O) groups is 1. The summed E-state index contributed by atoms with van der Waals surface area (Å²) in [7, 11) is 1.95. The minimum atomic E-state index is -0.752. The van der Waals surface area contributed by atoms with Gasteiger partial charge in [-0.25, -0.2) is 0 Å². The Kier molecular flexibility index (Phi) is 5.15. The van der Waals surface area contributed by atoms with Crippen LogP contribution in [0.3, 0.4) is 0 Å². The molecule has 0 heterocycles. The van der Waals surface area contributed by atoms with Gasteiger partial charge in [-0.3, -0.25) is 9.69 Å². The molecule has 0 bridgehead atoms. The zero-order valence-corrected chi connectivity index (χ0v) is 11.9. The number of rotatable bonds is 5. The summed E-state index contributed by atoms with van der Waals surface area (Å²) in [5.41, 5.74) is 1.18. The molecule has 0 fully saturated rings. The van der Waals surface area contributed by atoms with Gasteiger partial charge in [-0.05, 0) is 31.7 Å². The Morgan fingerprint density at radius 1 is 1.47 bits per heavy atom. The Morgan fingerprint density at radius 2 is 2.12 bits per heavy atom. The number of carboxylic acids is 1. The van der Waals surface area contributed by atoms with E-state index in [1.54, 1.807) is 6.92 Å². The van der Waals surface area contributed by atoms with E-state index in [0.29, 0.717) is 6.54 Å². The zero-order valence-electron chi connectivity index (χ0n) is 10.4. The van der Waals surface area contributed by atoms with Crippen molar-refractivity contribution in [3.8, 4) is 0 Å². The first kappa shape index (κ1) is 14.2. The SMILES string of the molecule is CC(CN(C)C(C)c1cccc(Br)c1)C(=O)O. The first-order valence-corrected chi connectivity index (χ1v) is 6.39. The highest BCUT2D eigenvalue weighted by atomic mass is 79.9. The summed E-state index contributed by atoms with van der Waals surface area (Å²) in [6.07, 6.45) is 0. The van der Waals surface area contributed by atoms with E-state index in [1.807, 2.05) is 19.2 Å². The maximum Gasteiger partial charge on any atom is 0.307 e. The average Bonchev–Trinajstić information content (AvgIpc) is 2.27. The number of aliphatic carboxylic acids is 1. The molecule has 0 radical (unpaired) electrons. The number of carboxylic acid groups (broad SMARTS) is 1. The lowest BCUT2D eigenvalue weighted by molar-refractivity contribution is -0.141. The maximum atomic E-state index is 10.8. The molecule has 0 aliphatic heterocycles. The second-order valence-electron chi connectivity index (χ2n) is 4.41. The molecule has 0 aliphatic rings. The topological polar surface area (TPSA) is 40.5 Å². The molecule has 0 saturated carbocycles. The third-order valence-corrected chi connectivity index (χ3v) is 3.47. The smallest absolute Gasteiger partial charge is 0.307 e. The van der Waals surface area contributed by atoms with Crippen LogP contribution in [0.1, 0.15) is 25.5 Å². The highest BCUT2D eigenvalue weighted by Gasteiger charge is 2.18. The second-order valence-corrected chi connectivity index (χ2v) is 5.33. The van der Waals surface area contributed by atoms with Gasteiger partial charge in [0.05, 0.1) is 5.92 Å². The average molecular weight is 300 g/mol. The van der Waals surface area contributed by atoms with E-state index in [2.05, 4.69) is 39.9 Å². The summed E-state index contributed by atoms with van der Waals surface area (Å²) in [6, 6.07) is 8.29. The van der Waals surface area contributed by atoms with Crippen molar-refractivity contribution in [2.75, 3.05) is 13.6 Å². The van der Waals surface area contributed by atoms with Crippen LogP contribution in [0.4, 0.5) is 0 Å². The van der Waals surface area contributed by atoms with E-state index >= 15 is 0 Å². The number of hydrogen-bond donors (Lipinski definition) is 1. The van der Waals surface area contributed by atoms with Crippen molar-refractivity contribution in [3.63, 3.8) is 0 Å². The number of nitrogens with zero attached hydrogens (tertiary/aromatic N) is 1. The highest BCUT2D eigenvalue weighted by Crippen LogP contribution is 2.22. The lowest BCUT2D eigenvalue weighted by Gasteiger charge is -2.26. The van der Waals surface area contributed by atoms with Gasteiger partial charge in [0, 0.05) is 17.1 Å². The van der Waals surface area contributed by atoms with Crippen molar-refractivity contribution >= 4 is 21.9 Å². The molecule has 0 aliphatic carbocycles. The predicted molar refractivity (Wildman–Crippen MR) is 72.0 cm³/mol. The van der Waals surface area contributed by atoms with Crippen LogP contribution in [0.2, 0.25) is 0 Å². The molecule has 1 aromatic rings. The van der Waals surface area contributed by atoms with Crippen LogP contribution in [0.25, 0.3) is 0 Å². The second kappa shape index (κ2) is 6.17. The van der Waals surface area contributed by atoms with Crippen molar-refractivity contribution < 1.29 is 9.90 Å². The fourth-order valence-electron chi connectivity index (χ4n) is 1.69. The molecule has 0 spiro atoms. The van der Waals surface area contributed by atoms with Gasteiger partial charge in [-0.2, -0.15) is 0 Å². The molecule has 4 heteroatoms. The molecular weight excluding hydrogens is 282 g/mol. The van der Waals surface area contributed by atoms with E-state index in [0.717, 1.165) is 4.47 Å². The van der Waals surface area contributed by atoms with E-state index < -0.39 is 5.97 Å². The van der Waals surface area contributed by atoms with Gasteiger partial charge < -0.3 is 5.11 Å². The number of halogens is 1. The van der Waals surface area contributed by atoms with Crippen molar-refractivity contribution in [1.29, 1.82) is 0 Å². The summed E-state index contributed by atoms with van der Waals surface area (Å²) in [6.45, 7) is 4.35. The van der Waals surface area contributed by atoms with Gasteiger partial charge in [0.1, 0.15) is 0 Å². The minimum absolute atomic E-state index is 0.203. The van der Waals surface area contributed by atoms with Gasteiger partial charge in [-0.15, -0.1) is 0 Å². The van der Waals surface area contributed by atoms with Crippen molar-refractivity contribution in [1.82, 2.24) is 4.90 Å². The first-order chi connectivity index (χ1) is 7.91. The van der Waals surface area contributed by atoms with E-state index in [4.69, 9.17) is 5.11 Å². The Bertz CT molecular complexity index is 395. The molecule has 3 nitrogen and oxygen atoms in total. The van der Waals surface area contributed by atoms with Crippen molar-refractivity contribution in [3.05, 3.63) is 34.3 Å². The molecule has 17 heavy (non-hydrogen) atoms. The van der Waals surface area contributed by atoms with Crippen LogP contribution in [0.5, 0.6) is 0 Å². The summed E-state index contributed by atoms with van der Waals surface area (Å²) in [5, 5.41) is 8.89. The molecule has 0 saturated heterocycles. The van der Waals surface area contributed by atoms with Crippen LogP contribution < -0.4 is 0 Å². The van der Waals surface area contributed by atoms with E-state index in [-0.39, 0.29) is 12.0 Å². The quantitative estimate of drug-likeness (QED) is 0.908. The molecular formula is C13H18BrNO2. The zero-order chi connectivity index (χ0) is 13.0. The predicted octanol–water partition coefficient (Wildman–Crippen LogP) is 3.16. The normalized spacial score (nSPS) is 14.6. The van der Waals surface area contributed by atoms with Crippen molar-refractivity contribution in [2.24, 2.45) is 5.92 Å². The summed E-state index contributed by atoms with van der Waals surface area (Å²) in [4.78, 5) is 12.9. The Labute approximate surface area is 111 Å². The molecule has 2 atom stereocenters. The van der Waals surface area contributed by atoms with Gasteiger partial charge in [0.2, 0.25) is 0 Å². The summed E-state index contributed by atoms with van der Waals surface area (Å²) in [5.74, 6) is -1.10. The van der Waals surface area contributed by atoms with Crippen LogP contribution in [-0.2, 0) is 4.79 Å². The summed E-state index contributed by atoms with van der Waals surface area (Å²) < 4.78 is 1.04. The molecule has 1 N–H and O–H groups in total. The van der Waals surface area contributed by atoms with Crippen molar-refractivity contribution in [2.45, 2.75) is 19.9 Å². The van der Waals surface area contributed by atoms with E-state index in [9.17, 15) is 4.79 Å². The van der Waals surface area contributed by atoms with Gasteiger partial charge in [0.25, 0.3) is 0 Å². The maximum absolute atomic E-state index is 10.8. The first-order valence-electron chi connectivity index (χ1n) is 5.60. The fraction of sp³-hybridized carbons (Fsp3) is 0.462. The van der Waals surface area contributed by atoms with E-state index in [1.165, 1.54) is 5.56 Å². The molecule has 1 rings (SSSR count). The monoisotopic (exact) mass is 299 g/mol. The fourth-order valence-corrected chi connectivity index (χ4v) is 2.11. The third kappa shape index (κ3) is 4.13. The molecule has 0 amide bonds. The molecule has 0 aromatic heterocycles. The summed E-state index contributed by atoms with van der Waals surface area (Å²) >= 11 is 3.44. The van der Waals surface area contributed by atoms with Gasteiger partial charge in [-0.1, -0.05) is 35.0 Å². The van der Waals surface area contributed by atoms with Crippen LogP contribution in [0.15, 0.2) is 28.7 Å². The van der Waals surface area contributed by atoms with Gasteiger partial charge >= 0.3 is 5.97 Å². The lowest BCUT2D eigenvalue weighted by atomic mass is 10.1. The number of hydrogen-bond acceptors (Lipinski definition) is 2. The van der Waals surface area contributed by atoms with Crippen LogP contribution >= 0.6 is 15.9 Å². The number of benzene rings is 1. The lowest BCUT2D eigenvalue weighted by Crippen LogP contribution is -2.30. The minimum Gasteiger partial charge on any atom is -0.481 e. The van der Waals surface area contributed by atoms with Crippen LogP contribution in [0, 0.1) is 5.92 Å². The molecule has 1 aromatic carbocycles. The largest absolute Gasteiger partial charge is 0.481 e. The van der Waals surface area contributed by atoms with Gasteiger partial charge in [0.15, 0.2) is 0 Å². The Hall–Kier alpha value is -0.870. The third-order valence-electron chi connectivity index (χ3n) is 2.98. The van der Waals surface area contributed by atoms with Crippen LogP contribution in [-0.4, -0.2) is 29.6 Å².